The molecule has 5 rings (SSSR count). The molecule has 1 N–H and O–H groups in total. The third kappa shape index (κ3) is 4.17. The summed E-state index contributed by atoms with van der Waals surface area (Å²) in [4.78, 5) is 19.7. The summed E-state index contributed by atoms with van der Waals surface area (Å²) in [5.74, 6) is 1.50. The van der Waals surface area contributed by atoms with E-state index in [1.54, 1.807) is 12.0 Å². The molecular formula is C28H26N4O3. The number of ether oxygens (including phenoxy) is 1. The Labute approximate surface area is 204 Å². The Hall–Kier alpha value is -4.39. The maximum Gasteiger partial charge on any atom is 0.326 e. The Morgan fingerprint density at radius 1 is 0.943 bits per heavy atom. The topological polar surface area (TPSA) is 80.5 Å². The monoisotopic (exact) mass is 466 g/mol. The molecule has 0 fully saturated rings. The molecule has 1 atom stereocenters. The molecule has 1 unspecified atom stereocenters. The second kappa shape index (κ2) is 9.10. The molecular weight excluding hydrogens is 440 g/mol. The molecule has 35 heavy (non-hydrogen) atoms. The van der Waals surface area contributed by atoms with Crippen LogP contribution in [0, 0.1) is 13.8 Å². The summed E-state index contributed by atoms with van der Waals surface area (Å²) in [7, 11) is 1.62. The second-order valence-corrected chi connectivity index (χ2v) is 8.55. The lowest BCUT2D eigenvalue weighted by Crippen LogP contribution is -2.46. The molecule has 176 valence electrons. The quantitative estimate of drug-likeness (QED) is 0.386. The minimum atomic E-state index is -0.444. The van der Waals surface area contributed by atoms with Gasteiger partial charge in [-0.1, -0.05) is 53.7 Å². The minimum absolute atomic E-state index is 0.215. The highest BCUT2D eigenvalue weighted by molar-refractivity contribution is 6.01. The van der Waals surface area contributed by atoms with Crippen LogP contribution in [0.5, 0.6) is 5.75 Å². The molecule has 3 aromatic carbocycles. The Morgan fingerprint density at radius 3 is 2.49 bits per heavy atom. The van der Waals surface area contributed by atoms with E-state index in [1.807, 2.05) is 67.6 Å². The number of para-hydroxylation sites is 1. The van der Waals surface area contributed by atoms with Crippen LogP contribution in [-0.4, -0.2) is 23.3 Å². The highest BCUT2D eigenvalue weighted by atomic mass is 16.5. The number of carbonyl (C=O) groups is 1. The standard InChI is InChI=1S/C28H26N4O3/c1-17-13-14-20(15-18(17)2)25-24(19(3)32(28(33)29-25)22-10-6-5-7-11-22)27-30-26(31-35-27)21-9-8-12-23(16-21)34-4/h5-16,25H,1-4H3,(H,29,33). The molecule has 0 spiro atoms. The van der Waals surface area contributed by atoms with Crippen LogP contribution in [0.1, 0.15) is 35.5 Å². The first-order chi connectivity index (χ1) is 17.0. The van der Waals surface area contributed by atoms with E-state index in [-0.39, 0.29) is 6.03 Å². The van der Waals surface area contributed by atoms with Gasteiger partial charge in [0.2, 0.25) is 5.82 Å². The smallest absolute Gasteiger partial charge is 0.326 e. The molecule has 1 aromatic heterocycles. The molecule has 0 saturated heterocycles. The number of nitrogens with one attached hydrogen (secondary N) is 1. The van der Waals surface area contributed by atoms with Crippen molar-refractivity contribution in [3.05, 3.63) is 101 Å². The van der Waals surface area contributed by atoms with Crippen LogP contribution in [-0.2, 0) is 0 Å². The number of hydrogen-bond acceptors (Lipinski definition) is 5. The van der Waals surface area contributed by atoms with Gasteiger partial charge in [-0.3, -0.25) is 4.90 Å². The van der Waals surface area contributed by atoms with Gasteiger partial charge in [-0.25, -0.2) is 4.79 Å². The number of amides is 2. The van der Waals surface area contributed by atoms with Gasteiger partial charge in [0, 0.05) is 11.3 Å². The Bertz CT molecular complexity index is 1430. The first-order valence-corrected chi connectivity index (χ1v) is 11.4. The van der Waals surface area contributed by atoms with Crippen molar-refractivity contribution in [1.29, 1.82) is 0 Å². The average molecular weight is 467 g/mol. The molecule has 2 heterocycles. The van der Waals surface area contributed by atoms with Gasteiger partial charge in [0.1, 0.15) is 5.75 Å². The van der Waals surface area contributed by atoms with Gasteiger partial charge in [0.25, 0.3) is 5.89 Å². The van der Waals surface area contributed by atoms with Crippen LogP contribution in [0.25, 0.3) is 17.0 Å². The summed E-state index contributed by atoms with van der Waals surface area (Å²) in [6.45, 7) is 6.03. The Kier molecular flexibility index (Phi) is 5.82. The number of aryl methyl sites for hydroxylation is 2. The molecule has 4 aromatic rings. The van der Waals surface area contributed by atoms with Crippen LogP contribution >= 0.6 is 0 Å². The van der Waals surface area contributed by atoms with E-state index in [9.17, 15) is 4.79 Å². The highest BCUT2D eigenvalue weighted by Crippen LogP contribution is 2.39. The Balaban J connectivity index is 1.66. The zero-order chi connectivity index (χ0) is 24.5. The van der Waals surface area contributed by atoms with Crippen LogP contribution in [0.4, 0.5) is 10.5 Å². The maximum atomic E-state index is 13.3. The van der Waals surface area contributed by atoms with Crippen molar-refractivity contribution in [2.24, 2.45) is 0 Å². The van der Waals surface area contributed by atoms with E-state index in [1.165, 1.54) is 5.56 Å². The number of benzene rings is 3. The van der Waals surface area contributed by atoms with Gasteiger partial charge in [0.05, 0.1) is 24.4 Å². The van der Waals surface area contributed by atoms with Crippen molar-refractivity contribution in [2.75, 3.05) is 12.0 Å². The summed E-state index contributed by atoms with van der Waals surface area (Å²) < 4.78 is 11.1. The second-order valence-electron chi connectivity index (χ2n) is 8.55. The van der Waals surface area contributed by atoms with Crippen molar-refractivity contribution in [1.82, 2.24) is 15.5 Å². The molecule has 7 nitrogen and oxygen atoms in total. The van der Waals surface area contributed by atoms with Crippen molar-refractivity contribution < 1.29 is 14.1 Å². The third-order valence-corrected chi connectivity index (χ3v) is 6.35. The number of methoxy groups -OCH3 is 1. The number of hydrogen-bond donors (Lipinski definition) is 1. The van der Waals surface area contributed by atoms with E-state index >= 15 is 0 Å². The summed E-state index contributed by atoms with van der Waals surface area (Å²) >= 11 is 0. The molecule has 0 saturated carbocycles. The summed E-state index contributed by atoms with van der Waals surface area (Å²) in [5.41, 5.74) is 6.28. The number of nitrogens with zero attached hydrogens (tertiary/aromatic N) is 3. The van der Waals surface area contributed by atoms with Gasteiger partial charge in [-0.15, -0.1) is 0 Å². The minimum Gasteiger partial charge on any atom is -0.497 e. The number of rotatable bonds is 5. The first kappa shape index (κ1) is 22.4. The SMILES string of the molecule is COc1cccc(-c2noc(C3=C(C)N(c4ccccc4)C(=O)NC3c3ccc(C)c(C)c3)n2)c1. The van der Waals surface area contributed by atoms with Crippen molar-refractivity contribution >= 4 is 17.3 Å². The number of allylic oxidation sites excluding steroid dienone is 1. The average Bonchev–Trinajstić information content (AvgIpc) is 3.36. The fourth-order valence-electron chi connectivity index (χ4n) is 4.31. The van der Waals surface area contributed by atoms with E-state index < -0.39 is 6.04 Å². The first-order valence-electron chi connectivity index (χ1n) is 11.4. The number of aromatic nitrogens is 2. The van der Waals surface area contributed by atoms with Crippen molar-refractivity contribution in [3.63, 3.8) is 0 Å². The van der Waals surface area contributed by atoms with Crippen LogP contribution in [0.3, 0.4) is 0 Å². The molecule has 0 radical (unpaired) electrons. The lowest BCUT2D eigenvalue weighted by atomic mass is 9.92. The Morgan fingerprint density at radius 2 is 1.74 bits per heavy atom. The lowest BCUT2D eigenvalue weighted by molar-refractivity contribution is 0.244. The zero-order valence-corrected chi connectivity index (χ0v) is 20.1. The molecule has 1 aliphatic heterocycles. The van der Waals surface area contributed by atoms with Gasteiger partial charge < -0.3 is 14.6 Å². The van der Waals surface area contributed by atoms with E-state index in [4.69, 9.17) is 14.2 Å². The van der Waals surface area contributed by atoms with Gasteiger partial charge >= 0.3 is 6.03 Å². The third-order valence-electron chi connectivity index (χ3n) is 6.35. The fraction of sp³-hybridized carbons (Fsp3) is 0.179. The summed E-state index contributed by atoms with van der Waals surface area (Å²) in [5, 5.41) is 7.40. The number of anilines is 1. The van der Waals surface area contributed by atoms with E-state index in [2.05, 4.69) is 36.5 Å². The molecule has 7 heteroatoms. The molecule has 0 aliphatic carbocycles. The van der Waals surface area contributed by atoms with Crippen LogP contribution in [0.2, 0.25) is 0 Å². The fourth-order valence-corrected chi connectivity index (χ4v) is 4.31. The van der Waals surface area contributed by atoms with Gasteiger partial charge in [-0.2, -0.15) is 4.98 Å². The molecule has 0 bridgehead atoms. The van der Waals surface area contributed by atoms with E-state index in [0.717, 1.165) is 33.6 Å². The van der Waals surface area contributed by atoms with Crippen molar-refractivity contribution in [2.45, 2.75) is 26.8 Å². The highest BCUT2D eigenvalue weighted by Gasteiger charge is 2.36. The van der Waals surface area contributed by atoms with Gasteiger partial charge in [0.15, 0.2) is 0 Å². The zero-order valence-electron chi connectivity index (χ0n) is 20.1. The molecule has 2 amide bonds. The van der Waals surface area contributed by atoms with Gasteiger partial charge in [-0.05, 0) is 61.7 Å². The summed E-state index contributed by atoms with van der Waals surface area (Å²) in [6, 6.07) is 22.5. The number of urea groups is 1. The van der Waals surface area contributed by atoms with Crippen LogP contribution in [0.15, 0.2) is 83.0 Å². The predicted molar refractivity (Wildman–Crippen MR) is 135 cm³/mol. The van der Waals surface area contributed by atoms with Crippen LogP contribution < -0.4 is 15.0 Å². The summed E-state index contributed by atoms with van der Waals surface area (Å²) in [6.07, 6.45) is 0. The number of carbonyl (C=O) groups excluding carboxylic acids is 1. The predicted octanol–water partition coefficient (Wildman–Crippen LogP) is 6.06. The molecule has 1 aliphatic rings. The normalized spacial score (nSPS) is 15.8. The largest absolute Gasteiger partial charge is 0.497 e. The lowest BCUT2D eigenvalue weighted by Gasteiger charge is -2.35. The maximum absolute atomic E-state index is 13.3. The van der Waals surface area contributed by atoms with E-state index in [0.29, 0.717) is 17.5 Å². The van der Waals surface area contributed by atoms with Crippen molar-refractivity contribution in [3.8, 4) is 17.1 Å².